The molecule has 0 aliphatic heterocycles. The first-order valence-corrected chi connectivity index (χ1v) is 9.23. The molecule has 1 rings (SSSR count). The van der Waals surface area contributed by atoms with Gasteiger partial charge >= 0.3 is 5.97 Å². The van der Waals surface area contributed by atoms with Crippen LogP contribution in [-0.2, 0) is 14.3 Å². The summed E-state index contributed by atoms with van der Waals surface area (Å²) in [6, 6.07) is 9.87. The van der Waals surface area contributed by atoms with Gasteiger partial charge in [0, 0.05) is 13.2 Å². The Bertz CT molecular complexity index is 501. The Balaban J connectivity index is 2.64. The predicted molar refractivity (Wildman–Crippen MR) is 102 cm³/mol. The van der Waals surface area contributed by atoms with Gasteiger partial charge in [-0.15, -0.1) is 0 Å². The summed E-state index contributed by atoms with van der Waals surface area (Å²) < 4.78 is 10.7. The number of carbonyl (C=O) groups is 1. The van der Waals surface area contributed by atoms with E-state index in [0.29, 0.717) is 13.0 Å². The second kappa shape index (κ2) is 12.7. The van der Waals surface area contributed by atoms with Crippen molar-refractivity contribution in [2.45, 2.75) is 64.6 Å². The monoisotopic (exact) mass is 347 g/mol. The van der Waals surface area contributed by atoms with Crippen LogP contribution in [0, 0.1) is 0 Å². The van der Waals surface area contributed by atoms with Crippen molar-refractivity contribution in [3.8, 4) is 0 Å². The van der Waals surface area contributed by atoms with E-state index in [2.05, 4.69) is 37.4 Å². The van der Waals surface area contributed by atoms with E-state index in [4.69, 9.17) is 9.47 Å². The average Bonchev–Trinajstić information content (AvgIpc) is 2.64. The standard InChI is InChI=1S/C21H33NO3/c1-5-6-16-25-21(23)20(15-11-10-12-17(2)24-4)22-18(3)19-13-8-7-9-14-19/h7-11,13-14,17-18,20,22H,5-6,12,15-16H2,1-4H3/b11-10+/t17-,18-,20+/m0/s1. The lowest BCUT2D eigenvalue weighted by molar-refractivity contribution is -0.146. The normalized spacial score (nSPS) is 15.0. The molecule has 0 fully saturated rings. The van der Waals surface area contributed by atoms with Gasteiger partial charge in [0.15, 0.2) is 0 Å². The molecule has 0 amide bonds. The smallest absolute Gasteiger partial charge is 0.323 e. The van der Waals surface area contributed by atoms with E-state index in [-0.39, 0.29) is 24.2 Å². The highest BCUT2D eigenvalue weighted by Gasteiger charge is 2.21. The molecule has 4 heteroatoms. The molecule has 0 bridgehead atoms. The summed E-state index contributed by atoms with van der Waals surface area (Å²) in [5.41, 5.74) is 1.16. The summed E-state index contributed by atoms with van der Waals surface area (Å²) in [4.78, 5) is 12.4. The van der Waals surface area contributed by atoms with E-state index in [1.54, 1.807) is 7.11 Å². The summed E-state index contributed by atoms with van der Waals surface area (Å²) in [5, 5.41) is 3.41. The highest BCUT2D eigenvalue weighted by atomic mass is 16.5. The predicted octanol–water partition coefficient (Wildman–Crippen LogP) is 4.42. The molecule has 0 unspecified atom stereocenters. The number of hydrogen-bond donors (Lipinski definition) is 1. The minimum absolute atomic E-state index is 0.0798. The molecule has 0 saturated heterocycles. The average molecular weight is 347 g/mol. The first-order chi connectivity index (χ1) is 12.1. The molecule has 1 aromatic carbocycles. The number of nitrogens with one attached hydrogen (secondary N) is 1. The summed E-state index contributed by atoms with van der Waals surface area (Å²) in [6.07, 6.45) is 7.64. The van der Waals surface area contributed by atoms with Crippen LogP contribution in [0.25, 0.3) is 0 Å². The maximum atomic E-state index is 12.4. The topological polar surface area (TPSA) is 47.6 Å². The van der Waals surface area contributed by atoms with Crippen LogP contribution < -0.4 is 5.32 Å². The third-order valence-corrected chi connectivity index (χ3v) is 4.19. The van der Waals surface area contributed by atoms with Crippen molar-refractivity contribution in [1.82, 2.24) is 5.32 Å². The zero-order valence-corrected chi connectivity index (χ0v) is 16.0. The van der Waals surface area contributed by atoms with Gasteiger partial charge in [-0.3, -0.25) is 10.1 Å². The quantitative estimate of drug-likeness (QED) is 0.345. The summed E-state index contributed by atoms with van der Waals surface area (Å²) in [6.45, 7) is 6.66. The Labute approximate surface area is 152 Å². The van der Waals surface area contributed by atoms with Crippen molar-refractivity contribution in [2.75, 3.05) is 13.7 Å². The van der Waals surface area contributed by atoms with Gasteiger partial charge in [0.25, 0.3) is 0 Å². The summed E-state index contributed by atoms with van der Waals surface area (Å²) in [7, 11) is 1.70. The molecule has 0 aliphatic rings. The maximum Gasteiger partial charge on any atom is 0.323 e. The highest BCUT2D eigenvalue weighted by molar-refractivity contribution is 5.76. The van der Waals surface area contributed by atoms with Crippen LogP contribution in [0.15, 0.2) is 42.5 Å². The zero-order chi connectivity index (χ0) is 18.5. The lowest BCUT2D eigenvalue weighted by Crippen LogP contribution is -2.39. The van der Waals surface area contributed by atoms with Crippen molar-refractivity contribution in [3.63, 3.8) is 0 Å². The van der Waals surface area contributed by atoms with Crippen LogP contribution in [0.5, 0.6) is 0 Å². The number of methoxy groups -OCH3 is 1. The molecule has 0 spiro atoms. The molecule has 0 saturated carbocycles. The van der Waals surface area contributed by atoms with Crippen LogP contribution in [-0.4, -0.2) is 31.8 Å². The van der Waals surface area contributed by atoms with E-state index < -0.39 is 0 Å². The second-order valence-electron chi connectivity index (χ2n) is 6.36. The number of benzene rings is 1. The molecular weight excluding hydrogens is 314 g/mol. The van der Waals surface area contributed by atoms with Gasteiger partial charge in [-0.25, -0.2) is 0 Å². The number of hydrogen-bond acceptors (Lipinski definition) is 4. The maximum absolute atomic E-state index is 12.4. The van der Waals surface area contributed by atoms with Gasteiger partial charge in [-0.05, 0) is 38.7 Å². The van der Waals surface area contributed by atoms with E-state index >= 15 is 0 Å². The lowest BCUT2D eigenvalue weighted by Gasteiger charge is -2.21. The van der Waals surface area contributed by atoms with Crippen LogP contribution in [0.2, 0.25) is 0 Å². The van der Waals surface area contributed by atoms with Crippen LogP contribution >= 0.6 is 0 Å². The minimum atomic E-state index is -0.346. The molecule has 1 aromatic rings. The third kappa shape index (κ3) is 8.84. The summed E-state index contributed by atoms with van der Waals surface area (Å²) >= 11 is 0. The minimum Gasteiger partial charge on any atom is -0.465 e. The van der Waals surface area contributed by atoms with E-state index in [0.717, 1.165) is 24.8 Å². The molecular formula is C21H33NO3. The molecule has 25 heavy (non-hydrogen) atoms. The second-order valence-corrected chi connectivity index (χ2v) is 6.36. The van der Waals surface area contributed by atoms with Crippen molar-refractivity contribution in [2.24, 2.45) is 0 Å². The number of rotatable bonds is 12. The molecule has 1 N–H and O–H groups in total. The van der Waals surface area contributed by atoms with Gasteiger partial charge in [0.05, 0.1) is 12.7 Å². The SMILES string of the molecule is CCCCOC(=O)[C@@H](C/C=C/C[C@H](C)OC)N[C@@H](C)c1ccccc1. The highest BCUT2D eigenvalue weighted by Crippen LogP contribution is 2.14. The zero-order valence-electron chi connectivity index (χ0n) is 16.0. The Morgan fingerprint density at radius 3 is 2.48 bits per heavy atom. The van der Waals surface area contributed by atoms with Crippen LogP contribution in [0.4, 0.5) is 0 Å². The largest absolute Gasteiger partial charge is 0.465 e. The molecule has 3 atom stereocenters. The Morgan fingerprint density at radius 1 is 1.16 bits per heavy atom. The Hall–Kier alpha value is -1.65. The van der Waals surface area contributed by atoms with Crippen LogP contribution in [0.3, 0.4) is 0 Å². The van der Waals surface area contributed by atoms with Crippen molar-refractivity contribution in [3.05, 3.63) is 48.0 Å². The molecule has 0 aromatic heterocycles. The Morgan fingerprint density at radius 2 is 1.84 bits per heavy atom. The Kier molecular flexibility index (Phi) is 10.8. The van der Waals surface area contributed by atoms with E-state index in [1.165, 1.54) is 0 Å². The molecule has 0 heterocycles. The summed E-state index contributed by atoms with van der Waals surface area (Å²) in [5.74, 6) is -0.180. The van der Waals surface area contributed by atoms with Gasteiger partial charge < -0.3 is 9.47 Å². The number of esters is 1. The molecule has 0 aliphatic carbocycles. The van der Waals surface area contributed by atoms with Gasteiger partial charge in [-0.1, -0.05) is 55.8 Å². The van der Waals surface area contributed by atoms with Crippen molar-refractivity contribution >= 4 is 5.97 Å². The van der Waals surface area contributed by atoms with Gasteiger partial charge in [0.1, 0.15) is 6.04 Å². The first-order valence-electron chi connectivity index (χ1n) is 9.23. The van der Waals surface area contributed by atoms with Crippen molar-refractivity contribution in [1.29, 1.82) is 0 Å². The van der Waals surface area contributed by atoms with Crippen molar-refractivity contribution < 1.29 is 14.3 Å². The molecule has 140 valence electrons. The van der Waals surface area contributed by atoms with E-state index in [9.17, 15) is 4.79 Å². The van der Waals surface area contributed by atoms with E-state index in [1.807, 2.05) is 31.2 Å². The fourth-order valence-corrected chi connectivity index (χ4v) is 2.41. The van der Waals surface area contributed by atoms with Gasteiger partial charge in [-0.2, -0.15) is 0 Å². The molecule has 0 radical (unpaired) electrons. The fraction of sp³-hybridized carbons (Fsp3) is 0.571. The van der Waals surface area contributed by atoms with Gasteiger partial charge in [0.2, 0.25) is 0 Å². The number of carbonyl (C=O) groups excluding carboxylic acids is 1. The first kappa shape index (κ1) is 21.4. The fourth-order valence-electron chi connectivity index (χ4n) is 2.41. The molecule has 4 nitrogen and oxygen atoms in total. The number of unbranched alkanes of at least 4 members (excludes halogenated alkanes) is 1. The number of ether oxygens (including phenoxy) is 2. The lowest BCUT2D eigenvalue weighted by atomic mass is 10.1. The van der Waals surface area contributed by atoms with Crippen LogP contribution in [0.1, 0.15) is 58.1 Å². The third-order valence-electron chi connectivity index (χ3n) is 4.19.